The fraction of sp³-hybridized carbons (Fsp3) is 0.611. The van der Waals surface area contributed by atoms with Gasteiger partial charge in [-0.05, 0) is 43.9 Å². The Labute approximate surface area is 160 Å². The molecule has 0 aliphatic carbocycles. The van der Waals surface area contributed by atoms with Crippen LogP contribution >= 0.6 is 0 Å². The largest absolute Gasteiger partial charge is 0.490 e. The molecule has 2 saturated heterocycles. The van der Waals surface area contributed by atoms with Crippen molar-refractivity contribution < 1.29 is 22.8 Å². The van der Waals surface area contributed by atoms with Gasteiger partial charge in [-0.3, -0.25) is 9.63 Å². The van der Waals surface area contributed by atoms with Crippen LogP contribution in [0, 0.1) is 0 Å². The molecule has 2 heterocycles. The molecule has 150 valence electrons. The zero-order valence-electron chi connectivity index (χ0n) is 15.8. The highest BCUT2D eigenvalue weighted by Crippen LogP contribution is 2.23. The summed E-state index contributed by atoms with van der Waals surface area (Å²) in [6, 6.07) is 7.08. The van der Waals surface area contributed by atoms with Crippen molar-refractivity contribution in [3.63, 3.8) is 0 Å². The number of hydroxylamine groups is 2. The number of benzene rings is 1. The smallest absolute Gasteiger partial charge is 0.281 e. The Morgan fingerprint density at radius 1 is 1.19 bits per heavy atom. The first-order valence-electron chi connectivity index (χ1n) is 9.27. The van der Waals surface area contributed by atoms with Crippen molar-refractivity contribution in [2.45, 2.75) is 31.8 Å². The lowest BCUT2D eigenvalue weighted by molar-refractivity contribution is -0.144. The van der Waals surface area contributed by atoms with Crippen molar-refractivity contribution in [1.29, 1.82) is 0 Å². The molecule has 1 aromatic rings. The van der Waals surface area contributed by atoms with Crippen LogP contribution in [0.5, 0.6) is 5.75 Å². The van der Waals surface area contributed by atoms with Gasteiger partial charge in [-0.2, -0.15) is 17.0 Å². The van der Waals surface area contributed by atoms with E-state index >= 15 is 0 Å². The second-order valence-corrected chi connectivity index (χ2v) is 9.12. The van der Waals surface area contributed by atoms with Crippen LogP contribution in [-0.4, -0.2) is 74.4 Å². The quantitative estimate of drug-likeness (QED) is 0.752. The van der Waals surface area contributed by atoms with Gasteiger partial charge in [-0.15, -0.1) is 0 Å². The normalized spacial score (nSPS) is 20.0. The molecule has 0 spiro atoms. The lowest BCUT2D eigenvalue weighted by Gasteiger charge is -2.33. The summed E-state index contributed by atoms with van der Waals surface area (Å²) >= 11 is 0. The Balaban J connectivity index is 1.58. The highest BCUT2D eigenvalue weighted by molar-refractivity contribution is 7.86. The fourth-order valence-corrected chi connectivity index (χ4v) is 4.34. The molecule has 0 N–H and O–H groups in total. The second kappa shape index (κ2) is 8.55. The third kappa shape index (κ3) is 4.78. The molecule has 0 bridgehead atoms. The number of carbonyl (C=O) groups excluding carboxylic acids is 1. The van der Waals surface area contributed by atoms with Gasteiger partial charge >= 0.3 is 0 Å². The number of ether oxygens (including phenoxy) is 1. The summed E-state index contributed by atoms with van der Waals surface area (Å²) in [5.74, 6) is 0.457. The summed E-state index contributed by atoms with van der Waals surface area (Å²) < 4.78 is 33.1. The molecule has 1 aromatic carbocycles. The van der Waals surface area contributed by atoms with Crippen LogP contribution in [0.2, 0.25) is 0 Å². The molecule has 0 radical (unpaired) electrons. The summed E-state index contributed by atoms with van der Waals surface area (Å²) in [6.45, 7) is 2.01. The number of nitrogens with zero attached hydrogens (tertiary/aromatic N) is 3. The Hall–Kier alpha value is -1.68. The first-order valence-corrected chi connectivity index (χ1v) is 10.7. The van der Waals surface area contributed by atoms with E-state index in [1.54, 1.807) is 18.2 Å². The number of piperidine rings is 1. The van der Waals surface area contributed by atoms with Gasteiger partial charge in [0.2, 0.25) is 0 Å². The molecule has 1 amide bonds. The highest BCUT2D eigenvalue weighted by atomic mass is 32.2. The standard InChI is InChI=1S/C18H27N3O5S/c1-19(2)27(23,24)20-11-8-16(9-12-20)26-17-7-5-6-15(14-17)18(22)21-10-3-4-13-25-21/h5-7,14,16H,3-4,8-13H2,1-2H3. The molecular formula is C18H27N3O5S. The Morgan fingerprint density at radius 2 is 1.93 bits per heavy atom. The van der Waals surface area contributed by atoms with Crippen molar-refractivity contribution in [3.8, 4) is 5.75 Å². The average Bonchev–Trinajstić information content (AvgIpc) is 2.68. The minimum atomic E-state index is -3.38. The van der Waals surface area contributed by atoms with Gasteiger partial charge in [-0.25, -0.2) is 5.06 Å². The number of hydrogen-bond donors (Lipinski definition) is 0. The summed E-state index contributed by atoms with van der Waals surface area (Å²) in [7, 11) is -0.311. The van der Waals surface area contributed by atoms with Crippen LogP contribution in [0.1, 0.15) is 36.0 Å². The van der Waals surface area contributed by atoms with Crippen LogP contribution in [0.3, 0.4) is 0 Å². The Morgan fingerprint density at radius 3 is 2.56 bits per heavy atom. The topological polar surface area (TPSA) is 79.4 Å². The average molecular weight is 397 g/mol. The third-order valence-electron chi connectivity index (χ3n) is 4.80. The van der Waals surface area contributed by atoms with Gasteiger partial charge in [0.1, 0.15) is 11.9 Å². The van der Waals surface area contributed by atoms with E-state index in [0.717, 1.165) is 12.8 Å². The molecule has 9 heteroatoms. The number of hydrogen-bond acceptors (Lipinski definition) is 5. The molecule has 0 atom stereocenters. The van der Waals surface area contributed by atoms with Crippen molar-refractivity contribution in [3.05, 3.63) is 29.8 Å². The van der Waals surface area contributed by atoms with Crippen LogP contribution in [0.15, 0.2) is 24.3 Å². The zero-order valence-corrected chi connectivity index (χ0v) is 16.7. The van der Waals surface area contributed by atoms with Crippen molar-refractivity contribution in [1.82, 2.24) is 13.7 Å². The molecule has 27 heavy (non-hydrogen) atoms. The monoisotopic (exact) mass is 397 g/mol. The summed E-state index contributed by atoms with van der Waals surface area (Å²) in [5, 5.41) is 1.41. The van der Waals surface area contributed by atoms with E-state index in [1.807, 2.05) is 6.07 Å². The van der Waals surface area contributed by atoms with E-state index in [9.17, 15) is 13.2 Å². The van der Waals surface area contributed by atoms with Crippen LogP contribution in [0.4, 0.5) is 0 Å². The van der Waals surface area contributed by atoms with E-state index in [4.69, 9.17) is 9.57 Å². The van der Waals surface area contributed by atoms with Gasteiger partial charge in [-0.1, -0.05) is 6.07 Å². The lowest BCUT2D eigenvalue weighted by atomic mass is 10.1. The minimum absolute atomic E-state index is 0.0739. The van der Waals surface area contributed by atoms with Crippen molar-refractivity contribution in [2.24, 2.45) is 0 Å². The third-order valence-corrected chi connectivity index (χ3v) is 6.74. The van der Waals surface area contributed by atoms with Crippen molar-refractivity contribution >= 4 is 16.1 Å². The van der Waals surface area contributed by atoms with Crippen LogP contribution in [0.25, 0.3) is 0 Å². The molecular weight excluding hydrogens is 370 g/mol. The molecule has 0 aromatic heterocycles. The van der Waals surface area contributed by atoms with E-state index in [0.29, 0.717) is 50.4 Å². The molecule has 0 saturated carbocycles. The Bertz CT molecular complexity index is 754. The van der Waals surface area contributed by atoms with E-state index in [1.165, 1.54) is 27.8 Å². The lowest BCUT2D eigenvalue weighted by Crippen LogP contribution is -2.46. The predicted molar refractivity (Wildman–Crippen MR) is 100 cm³/mol. The summed E-state index contributed by atoms with van der Waals surface area (Å²) in [5.41, 5.74) is 0.530. The van der Waals surface area contributed by atoms with Crippen LogP contribution in [-0.2, 0) is 15.0 Å². The molecule has 8 nitrogen and oxygen atoms in total. The maximum absolute atomic E-state index is 12.5. The zero-order chi connectivity index (χ0) is 19.4. The predicted octanol–water partition coefficient (Wildman–Crippen LogP) is 1.50. The van der Waals surface area contributed by atoms with Gasteiger partial charge in [0.25, 0.3) is 16.1 Å². The highest BCUT2D eigenvalue weighted by Gasteiger charge is 2.30. The SMILES string of the molecule is CN(C)S(=O)(=O)N1CCC(Oc2cccc(C(=O)N3CCCCO3)c2)CC1. The number of carbonyl (C=O) groups is 1. The molecule has 3 rings (SSSR count). The first kappa shape index (κ1) is 20.1. The second-order valence-electron chi connectivity index (χ2n) is 6.98. The first-order chi connectivity index (χ1) is 12.9. The van der Waals surface area contributed by atoms with Gasteiger partial charge in [0.15, 0.2) is 0 Å². The van der Waals surface area contributed by atoms with Gasteiger partial charge in [0.05, 0.1) is 6.61 Å². The minimum Gasteiger partial charge on any atom is -0.490 e. The van der Waals surface area contributed by atoms with Gasteiger partial charge in [0, 0.05) is 39.3 Å². The van der Waals surface area contributed by atoms with E-state index in [-0.39, 0.29) is 12.0 Å². The number of amides is 1. The summed E-state index contributed by atoms with van der Waals surface area (Å²) in [6.07, 6.45) is 3.06. The molecule has 2 aliphatic heterocycles. The van der Waals surface area contributed by atoms with Crippen molar-refractivity contribution in [2.75, 3.05) is 40.3 Å². The Kier molecular flexibility index (Phi) is 6.36. The maximum Gasteiger partial charge on any atom is 0.281 e. The number of rotatable bonds is 5. The van der Waals surface area contributed by atoms with E-state index < -0.39 is 10.2 Å². The van der Waals surface area contributed by atoms with Gasteiger partial charge < -0.3 is 4.74 Å². The molecule has 0 unspecified atom stereocenters. The van der Waals surface area contributed by atoms with E-state index in [2.05, 4.69) is 0 Å². The summed E-state index contributed by atoms with van der Waals surface area (Å²) in [4.78, 5) is 18.0. The fourth-order valence-electron chi connectivity index (χ4n) is 3.21. The maximum atomic E-state index is 12.5. The van der Waals surface area contributed by atoms with Crippen LogP contribution < -0.4 is 4.74 Å². The molecule has 2 fully saturated rings. The molecule has 2 aliphatic rings.